The fraction of sp³-hybridized carbons (Fsp3) is 0.300. The molecule has 0 radical (unpaired) electrons. The molecular weight excluding hydrogens is 412 g/mol. The highest BCUT2D eigenvalue weighted by Gasteiger charge is 2.55. The van der Waals surface area contributed by atoms with E-state index in [1.165, 1.54) is 19.2 Å². The van der Waals surface area contributed by atoms with Gasteiger partial charge in [0, 0.05) is 12.1 Å². The van der Waals surface area contributed by atoms with Crippen molar-refractivity contribution in [3.63, 3.8) is 0 Å². The predicted octanol–water partition coefficient (Wildman–Crippen LogP) is 1.10. The Morgan fingerprint density at radius 3 is 2.37 bits per heavy atom. The lowest BCUT2D eigenvalue weighted by molar-refractivity contribution is -0.162. The molecule has 9 nitrogen and oxygen atoms in total. The van der Waals surface area contributed by atoms with Gasteiger partial charge in [-0.25, -0.2) is 18.0 Å². The van der Waals surface area contributed by atoms with E-state index in [0.717, 1.165) is 10.5 Å². The van der Waals surface area contributed by atoms with Crippen molar-refractivity contribution in [2.75, 3.05) is 20.2 Å². The largest absolute Gasteiger partial charge is 0.496 e. The Morgan fingerprint density at radius 1 is 1.17 bits per heavy atom. The molecule has 1 aliphatic heterocycles. The molecule has 3 rings (SSSR count). The fourth-order valence-electron chi connectivity index (χ4n) is 3.66. The van der Waals surface area contributed by atoms with E-state index in [1.54, 1.807) is 18.2 Å². The molecule has 2 amide bonds. The highest BCUT2D eigenvalue weighted by molar-refractivity contribution is 7.92. The van der Waals surface area contributed by atoms with Crippen LogP contribution in [0.4, 0.5) is 4.79 Å². The van der Waals surface area contributed by atoms with Gasteiger partial charge in [-0.2, -0.15) is 0 Å². The average Bonchev–Trinajstić information content (AvgIpc) is 2.73. The number of urea groups is 1. The molecule has 1 saturated heterocycles. The van der Waals surface area contributed by atoms with Gasteiger partial charge in [0.05, 0.1) is 18.6 Å². The van der Waals surface area contributed by atoms with Crippen LogP contribution in [0.1, 0.15) is 6.42 Å². The van der Waals surface area contributed by atoms with Crippen molar-refractivity contribution in [1.82, 2.24) is 4.90 Å². The van der Waals surface area contributed by atoms with Crippen LogP contribution in [0.3, 0.4) is 0 Å². The van der Waals surface area contributed by atoms with Crippen LogP contribution in [0.15, 0.2) is 53.4 Å². The van der Waals surface area contributed by atoms with E-state index >= 15 is 0 Å². The van der Waals surface area contributed by atoms with Crippen molar-refractivity contribution >= 4 is 21.8 Å². The molecule has 2 aromatic carbocycles. The first-order chi connectivity index (χ1) is 14.1. The van der Waals surface area contributed by atoms with E-state index in [4.69, 9.17) is 10.5 Å². The molecule has 0 bridgehead atoms. The number of para-hydroxylation sites is 1. The third-order valence-corrected chi connectivity index (χ3v) is 7.59. The number of piperidine rings is 1. The zero-order valence-electron chi connectivity index (χ0n) is 16.2. The summed E-state index contributed by atoms with van der Waals surface area (Å²) in [4.78, 5) is 23.9. The Labute approximate surface area is 173 Å². The average molecular weight is 434 g/mol. The minimum atomic E-state index is -4.22. The van der Waals surface area contributed by atoms with Gasteiger partial charge in [0.15, 0.2) is 15.4 Å². The fourth-order valence-corrected chi connectivity index (χ4v) is 5.61. The topological polar surface area (TPSA) is 147 Å². The predicted molar refractivity (Wildman–Crippen MR) is 108 cm³/mol. The molecule has 0 aliphatic carbocycles. The zero-order chi connectivity index (χ0) is 22.1. The number of sulfone groups is 1. The van der Waals surface area contributed by atoms with Gasteiger partial charge in [0.2, 0.25) is 0 Å². The van der Waals surface area contributed by atoms with Gasteiger partial charge >= 0.3 is 12.0 Å². The van der Waals surface area contributed by atoms with Crippen LogP contribution in [0.5, 0.6) is 5.75 Å². The summed E-state index contributed by atoms with van der Waals surface area (Å²) in [6.45, 7) is -0.783. The molecular formula is C20H22N2O7S. The number of carboxylic acid groups (broad SMARTS) is 1. The van der Waals surface area contributed by atoms with Crippen molar-refractivity contribution in [3.8, 4) is 16.9 Å². The van der Waals surface area contributed by atoms with Gasteiger partial charge in [0.25, 0.3) is 0 Å². The first kappa shape index (κ1) is 21.6. The highest BCUT2D eigenvalue weighted by Crippen LogP contribution is 2.34. The van der Waals surface area contributed by atoms with Crippen LogP contribution in [-0.4, -0.2) is 66.6 Å². The number of methoxy groups -OCH3 is 1. The maximum absolute atomic E-state index is 13.2. The quantitative estimate of drug-likeness (QED) is 0.638. The first-order valence-corrected chi connectivity index (χ1v) is 10.6. The van der Waals surface area contributed by atoms with Crippen LogP contribution < -0.4 is 10.5 Å². The Morgan fingerprint density at radius 2 is 1.80 bits per heavy atom. The van der Waals surface area contributed by atoms with Gasteiger partial charge in [-0.05, 0) is 30.2 Å². The summed E-state index contributed by atoms with van der Waals surface area (Å²) in [7, 11) is -2.69. The molecule has 30 heavy (non-hydrogen) atoms. The number of amides is 2. The number of nitrogens with two attached hydrogens (primary N) is 1. The lowest BCUT2D eigenvalue weighted by atomic mass is 9.92. The zero-order valence-corrected chi connectivity index (χ0v) is 17.0. The highest BCUT2D eigenvalue weighted by atomic mass is 32.2. The van der Waals surface area contributed by atoms with Gasteiger partial charge < -0.3 is 25.6 Å². The van der Waals surface area contributed by atoms with Crippen LogP contribution in [-0.2, 0) is 14.6 Å². The standard InChI is InChI=1S/C20H22N2O7S/c1-29-16-5-3-2-4-15(16)13-6-8-14(9-7-13)30(27,28)17-10-11-22(19(21)25)12-20(17,26)18(23)24/h2-9,17,26H,10-12H2,1H3,(H2,21,25)(H,23,24). The summed E-state index contributed by atoms with van der Waals surface area (Å²) in [6, 6.07) is 12.2. The summed E-state index contributed by atoms with van der Waals surface area (Å²) in [5.74, 6) is -1.11. The summed E-state index contributed by atoms with van der Waals surface area (Å²) < 4.78 is 31.7. The van der Waals surface area contributed by atoms with Crippen molar-refractivity contribution in [2.45, 2.75) is 22.2 Å². The third-order valence-electron chi connectivity index (χ3n) is 5.28. The number of nitrogens with zero attached hydrogens (tertiary/aromatic N) is 1. The Balaban J connectivity index is 1.96. The smallest absolute Gasteiger partial charge is 0.338 e. The molecule has 0 aromatic heterocycles. The van der Waals surface area contributed by atoms with Gasteiger partial charge in [0.1, 0.15) is 11.0 Å². The second-order valence-corrected chi connectivity index (χ2v) is 9.17. The number of carbonyl (C=O) groups excluding carboxylic acids is 1. The second kappa shape index (κ2) is 7.96. The van der Waals surface area contributed by atoms with Crippen molar-refractivity contribution in [2.24, 2.45) is 5.73 Å². The lowest BCUT2D eigenvalue weighted by Crippen LogP contribution is -2.65. The number of hydrogen-bond acceptors (Lipinski definition) is 6. The number of aliphatic hydroxyl groups is 1. The molecule has 4 N–H and O–H groups in total. The Bertz CT molecular complexity index is 1070. The third kappa shape index (κ3) is 3.71. The number of carbonyl (C=O) groups is 2. The number of hydrogen-bond donors (Lipinski definition) is 3. The molecule has 10 heteroatoms. The minimum absolute atomic E-state index is 0.0753. The van der Waals surface area contributed by atoms with E-state index in [2.05, 4.69) is 0 Å². The molecule has 0 saturated carbocycles. The van der Waals surface area contributed by atoms with E-state index in [9.17, 15) is 28.2 Å². The van der Waals surface area contributed by atoms with E-state index in [0.29, 0.717) is 11.3 Å². The molecule has 2 unspecified atom stereocenters. The Kier molecular flexibility index (Phi) is 5.73. The number of ether oxygens (including phenoxy) is 1. The van der Waals surface area contributed by atoms with Crippen molar-refractivity contribution in [1.29, 1.82) is 0 Å². The maximum atomic E-state index is 13.2. The monoisotopic (exact) mass is 434 g/mol. The van der Waals surface area contributed by atoms with Gasteiger partial charge in [-0.15, -0.1) is 0 Å². The molecule has 1 fully saturated rings. The number of aliphatic carboxylic acids is 1. The number of primary amides is 1. The van der Waals surface area contributed by atoms with Gasteiger partial charge in [-0.3, -0.25) is 0 Å². The van der Waals surface area contributed by atoms with E-state index in [-0.39, 0.29) is 17.9 Å². The summed E-state index contributed by atoms with van der Waals surface area (Å²) in [5.41, 5.74) is 3.98. The molecule has 160 valence electrons. The molecule has 1 heterocycles. The van der Waals surface area contributed by atoms with Gasteiger partial charge in [-0.1, -0.05) is 30.3 Å². The number of rotatable bonds is 5. The summed E-state index contributed by atoms with van der Waals surface area (Å²) >= 11 is 0. The minimum Gasteiger partial charge on any atom is -0.496 e. The summed E-state index contributed by atoms with van der Waals surface area (Å²) in [6.07, 6.45) is -0.262. The molecule has 2 atom stereocenters. The lowest BCUT2D eigenvalue weighted by Gasteiger charge is -2.40. The second-order valence-electron chi connectivity index (χ2n) is 7.04. The first-order valence-electron chi connectivity index (χ1n) is 9.08. The molecule has 2 aromatic rings. The maximum Gasteiger partial charge on any atom is 0.338 e. The van der Waals surface area contributed by atoms with E-state index in [1.807, 2.05) is 18.2 Å². The number of carboxylic acids is 1. The van der Waals surface area contributed by atoms with Crippen LogP contribution in [0.25, 0.3) is 11.1 Å². The van der Waals surface area contributed by atoms with E-state index < -0.39 is 39.2 Å². The SMILES string of the molecule is COc1ccccc1-c1ccc(S(=O)(=O)C2CCN(C(N)=O)CC2(O)C(=O)O)cc1. The van der Waals surface area contributed by atoms with Crippen molar-refractivity contribution in [3.05, 3.63) is 48.5 Å². The van der Waals surface area contributed by atoms with Crippen LogP contribution in [0, 0.1) is 0 Å². The normalized spacial score (nSPS) is 21.8. The molecule has 1 aliphatic rings. The van der Waals surface area contributed by atoms with Crippen LogP contribution in [0.2, 0.25) is 0 Å². The molecule has 0 spiro atoms. The number of β-amino-alcohol motifs (C(OH)–C–C–N with tert-alkyl or cyclic N) is 1. The van der Waals surface area contributed by atoms with Crippen molar-refractivity contribution < 1.29 is 33.0 Å². The number of likely N-dealkylation sites (tertiary alicyclic amines) is 1. The number of benzene rings is 2. The Hall–Kier alpha value is -3.11. The summed E-state index contributed by atoms with van der Waals surface area (Å²) in [5, 5.41) is 18.6. The van der Waals surface area contributed by atoms with Crippen LogP contribution >= 0.6 is 0 Å².